The van der Waals surface area contributed by atoms with Crippen molar-refractivity contribution in [1.82, 2.24) is 14.9 Å². The third-order valence-electron chi connectivity index (χ3n) is 2.21. The summed E-state index contributed by atoms with van der Waals surface area (Å²) in [6, 6.07) is 0. The van der Waals surface area contributed by atoms with E-state index in [9.17, 15) is 0 Å². The molecule has 13 heavy (non-hydrogen) atoms. The Morgan fingerprint density at radius 1 is 1.69 bits per heavy atom. The van der Waals surface area contributed by atoms with Gasteiger partial charge in [-0.25, -0.2) is 0 Å². The number of rotatable bonds is 3. The number of nitrogens with zero attached hydrogens (tertiary/aromatic N) is 2. The highest BCUT2D eigenvalue weighted by Gasteiger charge is 2.15. The number of aryl methyl sites for hydroxylation is 1. The summed E-state index contributed by atoms with van der Waals surface area (Å²) in [6.07, 6.45) is 1.49. The van der Waals surface area contributed by atoms with Crippen LogP contribution in [0.4, 0.5) is 0 Å². The second kappa shape index (κ2) is 4.13. The Balaban J connectivity index is 1.82. The van der Waals surface area contributed by atoms with Gasteiger partial charge in [-0.1, -0.05) is 4.49 Å². The van der Waals surface area contributed by atoms with E-state index in [4.69, 9.17) is 4.74 Å². The highest BCUT2D eigenvalue weighted by atomic mass is 32.1. The van der Waals surface area contributed by atoms with Crippen molar-refractivity contribution in [2.45, 2.75) is 26.1 Å². The summed E-state index contributed by atoms with van der Waals surface area (Å²) in [7, 11) is 0. The van der Waals surface area contributed by atoms with Crippen molar-refractivity contribution >= 4 is 11.5 Å². The fourth-order valence-electron chi connectivity index (χ4n) is 1.35. The van der Waals surface area contributed by atoms with E-state index >= 15 is 0 Å². The summed E-state index contributed by atoms with van der Waals surface area (Å²) in [5.74, 6) is 0. The summed E-state index contributed by atoms with van der Waals surface area (Å²) in [4.78, 5) is 1.15. The first kappa shape index (κ1) is 9.05. The van der Waals surface area contributed by atoms with Gasteiger partial charge in [0.2, 0.25) is 0 Å². The summed E-state index contributed by atoms with van der Waals surface area (Å²) in [5.41, 5.74) is 0.996. The molecule has 1 unspecified atom stereocenters. The van der Waals surface area contributed by atoms with E-state index in [0.717, 1.165) is 30.1 Å². The molecule has 4 nitrogen and oxygen atoms in total. The Hall–Kier alpha value is -0.520. The van der Waals surface area contributed by atoms with Crippen LogP contribution in [0.25, 0.3) is 0 Å². The van der Waals surface area contributed by atoms with Crippen molar-refractivity contribution < 1.29 is 4.74 Å². The van der Waals surface area contributed by atoms with Gasteiger partial charge in [0, 0.05) is 6.54 Å². The fraction of sp³-hybridized carbons (Fsp3) is 0.750. The van der Waals surface area contributed by atoms with Gasteiger partial charge >= 0.3 is 0 Å². The molecule has 1 aliphatic rings. The molecule has 1 saturated heterocycles. The minimum Gasteiger partial charge on any atom is -0.371 e. The molecule has 1 fully saturated rings. The third kappa shape index (κ3) is 2.24. The molecule has 1 atom stereocenters. The molecule has 72 valence electrons. The standard InChI is InChI=1S/C8H13N3OS/c1-6-8(13-11-10-6)5-12-7-2-3-9-4-7/h7,9H,2-5H2,1H3. The quantitative estimate of drug-likeness (QED) is 0.779. The van der Waals surface area contributed by atoms with Crippen molar-refractivity contribution in [2.24, 2.45) is 0 Å². The normalized spacial score (nSPS) is 22.4. The first-order valence-electron chi connectivity index (χ1n) is 4.46. The molecule has 0 amide bonds. The van der Waals surface area contributed by atoms with Crippen molar-refractivity contribution in [2.75, 3.05) is 13.1 Å². The van der Waals surface area contributed by atoms with Crippen LogP contribution in [0.3, 0.4) is 0 Å². The van der Waals surface area contributed by atoms with Crippen molar-refractivity contribution in [1.29, 1.82) is 0 Å². The SMILES string of the molecule is Cc1nnsc1COC1CCNC1. The van der Waals surface area contributed by atoms with Gasteiger partial charge in [0.05, 0.1) is 23.3 Å². The van der Waals surface area contributed by atoms with Crippen molar-refractivity contribution in [3.05, 3.63) is 10.6 Å². The summed E-state index contributed by atoms with van der Waals surface area (Å²) >= 11 is 1.43. The summed E-state index contributed by atoms with van der Waals surface area (Å²) in [5, 5.41) is 7.20. The van der Waals surface area contributed by atoms with E-state index in [0.29, 0.717) is 12.7 Å². The smallest absolute Gasteiger partial charge is 0.0848 e. The first-order valence-corrected chi connectivity index (χ1v) is 5.24. The van der Waals surface area contributed by atoms with Crippen molar-refractivity contribution in [3.63, 3.8) is 0 Å². The monoisotopic (exact) mass is 199 g/mol. The summed E-state index contributed by atoms with van der Waals surface area (Å²) < 4.78 is 9.56. The van der Waals surface area contributed by atoms with Crippen LogP contribution in [-0.2, 0) is 11.3 Å². The number of ether oxygens (including phenoxy) is 1. The van der Waals surface area contributed by atoms with Crippen LogP contribution in [0.15, 0.2) is 0 Å². The second-order valence-corrected chi connectivity index (χ2v) is 4.05. The van der Waals surface area contributed by atoms with Crippen LogP contribution in [-0.4, -0.2) is 28.8 Å². The lowest BCUT2D eigenvalue weighted by Gasteiger charge is -2.08. The first-order chi connectivity index (χ1) is 6.36. The van der Waals surface area contributed by atoms with E-state index < -0.39 is 0 Å². The lowest BCUT2D eigenvalue weighted by molar-refractivity contribution is 0.0555. The van der Waals surface area contributed by atoms with E-state index in [1.54, 1.807) is 0 Å². The van der Waals surface area contributed by atoms with Gasteiger partial charge in [-0.3, -0.25) is 0 Å². The van der Waals surface area contributed by atoms with Crippen LogP contribution in [0, 0.1) is 6.92 Å². The summed E-state index contributed by atoms with van der Waals surface area (Å²) in [6.45, 7) is 4.68. The maximum Gasteiger partial charge on any atom is 0.0848 e. The highest BCUT2D eigenvalue weighted by molar-refractivity contribution is 7.05. The molecule has 1 aromatic heterocycles. The Morgan fingerprint density at radius 2 is 2.62 bits per heavy atom. The minimum absolute atomic E-state index is 0.376. The van der Waals surface area contributed by atoms with Crippen molar-refractivity contribution in [3.8, 4) is 0 Å². The molecule has 0 spiro atoms. The van der Waals surface area contributed by atoms with Crippen LogP contribution in [0.5, 0.6) is 0 Å². The van der Waals surface area contributed by atoms with Gasteiger partial charge in [-0.2, -0.15) is 0 Å². The molecule has 1 aromatic rings. The average molecular weight is 199 g/mol. The molecular formula is C8H13N3OS. The van der Waals surface area contributed by atoms with E-state index in [-0.39, 0.29) is 0 Å². The Bertz CT molecular complexity index is 270. The number of aromatic nitrogens is 2. The topological polar surface area (TPSA) is 47.0 Å². The molecule has 2 rings (SSSR count). The second-order valence-electron chi connectivity index (χ2n) is 3.21. The molecule has 0 saturated carbocycles. The van der Waals surface area contributed by atoms with Gasteiger partial charge < -0.3 is 10.1 Å². The molecule has 5 heteroatoms. The minimum atomic E-state index is 0.376. The predicted molar refractivity (Wildman–Crippen MR) is 50.7 cm³/mol. The van der Waals surface area contributed by atoms with Gasteiger partial charge in [0.1, 0.15) is 0 Å². The lowest BCUT2D eigenvalue weighted by Crippen LogP contribution is -2.16. The van der Waals surface area contributed by atoms with Gasteiger partial charge in [-0.05, 0) is 31.4 Å². The van der Waals surface area contributed by atoms with Crippen LogP contribution in [0.1, 0.15) is 17.0 Å². The highest BCUT2D eigenvalue weighted by Crippen LogP contribution is 2.13. The Morgan fingerprint density at radius 3 is 3.23 bits per heavy atom. The molecular weight excluding hydrogens is 186 g/mol. The van der Waals surface area contributed by atoms with Gasteiger partial charge in [-0.15, -0.1) is 5.10 Å². The lowest BCUT2D eigenvalue weighted by atomic mass is 10.3. The Labute approximate surface area is 81.5 Å². The molecule has 0 aliphatic carbocycles. The third-order valence-corrected chi connectivity index (χ3v) is 3.01. The van der Waals surface area contributed by atoms with Crippen LogP contribution >= 0.6 is 11.5 Å². The van der Waals surface area contributed by atoms with Gasteiger partial charge in [0.25, 0.3) is 0 Å². The maximum absolute atomic E-state index is 5.70. The fourth-order valence-corrected chi connectivity index (χ4v) is 1.90. The van der Waals surface area contributed by atoms with Crippen LogP contribution in [0.2, 0.25) is 0 Å². The van der Waals surface area contributed by atoms with E-state index in [1.165, 1.54) is 11.5 Å². The maximum atomic E-state index is 5.70. The van der Waals surface area contributed by atoms with Gasteiger partial charge in [0.15, 0.2) is 0 Å². The number of hydrogen-bond donors (Lipinski definition) is 1. The molecule has 1 N–H and O–H groups in total. The zero-order valence-electron chi connectivity index (χ0n) is 7.62. The van der Waals surface area contributed by atoms with E-state index in [1.807, 2.05) is 6.92 Å². The van der Waals surface area contributed by atoms with Crippen LogP contribution < -0.4 is 5.32 Å². The van der Waals surface area contributed by atoms with E-state index in [2.05, 4.69) is 14.9 Å². The number of hydrogen-bond acceptors (Lipinski definition) is 5. The largest absolute Gasteiger partial charge is 0.371 e. The number of nitrogens with one attached hydrogen (secondary N) is 1. The zero-order chi connectivity index (χ0) is 9.10. The molecule has 2 heterocycles. The predicted octanol–water partition coefficient (Wildman–Crippen LogP) is 0.725. The molecule has 0 bridgehead atoms. The molecule has 1 aliphatic heterocycles. The Kier molecular flexibility index (Phi) is 2.87. The average Bonchev–Trinajstić information content (AvgIpc) is 2.72. The molecule has 0 aromatic carbocycles. The zero-order valence-corrected chi connectivity index (χ0v) is 8.43. The molecule has 0 radical (unpaired) electrons.